The van der Waals surface area contributed by atoms with Gasteiger partial charge in [-0.2, -0.15) is 0 Å². The highest BCUT2D eigenvalue weighted by atomic mass is 35.5. The van der Waals surface area contributed by atoms with Crippen LogP contribution in [0.3, 0.4) is 0 Å². The smallest absolute Gasteiger partial charge is 0.281 e. The summed E-state index contributed by atoms with van der Waals surface area (Å²) in [6, 6.07) is 13.1. The Morgan fingerprint density at radius 2 is 2.04 bits per heavy atom. The largest absolute Gasteiger partial charge is 0.357 e. The zero-order chi connectivity index (χ0) is 18.3. The van der Waals surface area contributed by atoms with Gasteiger partial charge >= 0.3 is 0 Å². The molecule has 1 aromatic heterocycles. The van der Waals surface area contributed by atoms with Gasteiger partial charge in [0.15, 0.2) is 6.04 Å². The Labute approximate surface area is 161 Å². The number of nitrogens with one attached hydrogen (secondary N) is 1. The number of benzene rings is 2. The molecule has 0 saturated carbocycles. The second kappa shape index (κ2) is 6.95. The van der Waals surface area contributed by atoms with Crippen molar-refractivity contribution >= 4 is 40.0 Å². The summed E-state index contributed by atoms with van der Waals surface area (Å²) in [6.45, 7) is 1.27. The molecule has 0 unspecified atom stereocenters. The number of quaternary nitrogens is 1. The van der Waals surface area contributed by atoms with Gasteiger partial charge in [-0.15, -0.1) is 0 Å². The summed E-state index contributed by atoms with van der Waals surface area (Å²) in [7, 11) is 0. The monoisotopic (exact) mass is 388 g/mol. The first-order chi connectivity index (χ1) is 12.5. The minimum atomic E-state index is -0.352. The van der Waals surface area contributed by atoms with Crippen LogP contribution >= 0.6 is 23.2 Å². The molecule has 1 atom stereocenters. The molecular weight excluding hydrogens is 369 g/mol. The van der Waals surface area contributed by atoms with E-state index in [-0.39, 0.29) is 11.9 Å². The van der Waals surface area contributed by atoms with Crippen molar-refractivity contribution in [1.82, 2.24) is 9.88 Å². The SMILES string of the molecule is [NH3+][C@H](Cc1ccccc1Cl)C(=O)N1CCc2c([nH]c3ccc(Cl)cc23)C1. The first-order valence-corrected chi connectivity index (χ1v) is 9.43. The number of fused-ring (bicyclic) bond motifs is 3. The van der Waals surface area contributed by atoms with Gasteiger partial charge in [0.05, 0.1) is 6.54 Å². The van der Waals surface area contributed by atoms with Crippen LogP contribution in [-0.2, 0) is 24.2 Å². The molecular formula is C20H20Cl2N3O+. The maximum absolute atomic E-state index is 12.9. The first kappa shape index (κ1) is 17.4. The Hall–Kier alpha value is -2.01. The number of hydrogen-bond acceptors (Lipinski definition) is 1. The highest BCUT2D eigenvalue weighted by Crippen LogP contribution is 2.29. The molecule has 6 heteroatoms. The third-order valence-electron chi connectivity index (χ3n) is 5.02. The molecule has 0 saturated heterocycles. The second-order valence-electron chi connectivity index (χ2n) is 6.77. The highest BCUT2D eigenvalue weighted by molar-refractivity contribution is 6.31. The zero-order valence-electron chi connectivity index (χ0n) is 14.3. The minimum absolute atomic E-state index is 0.0623. The predicted molar refractivity (Wildman–Crippen MR) is 104 cm³/mol. The molecule has 4 N–H and O–H groups in total. The molecule has 1 aliphatic heterocycles. The van der Waals surface area contributed by atoms with E-state index in [9.17, 15) is 4.79 Å². The van der Waals surface area contributed by atoms with Crippen LogP contribution < -0.4 is 5.73 Å². The summed E-state index contributed by atoms with van der Waals surface area (Å²) >= 11 is 12.3. The van der Waals surface area contributed by atoms with Gasteiger partial charge in [0.25, 0.3) is 5.91 Å². The van der Waals surface area contributed by atoms with E-state index in [0.717, 1.165) is 33.6 Å². The fraction of sp³-hybridized carbons (Fsp3) is 0.250. The molecule has 2 heterocycles. The van der Waals surface area contributed by atoms with Crippen molar-refractivity contribution in [2.45, 2.75) is 25.4 Å². The van der Waals surface area contributed by atoms with Gasteiger partial charge in [0.2, 0.25) is 0 Å². The number of amides is 1. The number of rotatable bonds is 3. The van der Waals surface area contributed by atoms with Crippen LogP contribution in [-0.4, -0.2) is 28.4 Å². The molecule has 4 rings (SSSR count). The summed E-state index contributed by atoms with van der Waals surface area (Å²) in [5.74, 6) is 0.0623. The van der Waals surface area contributed by atoms with Gasteiger partial charge in [-0.05, 0) is 41.8 Å². The second-order valence-corrected chi connectivity index (χ2v) is 7.62. The summed E-state index contributed by atoms with van der Waals surface area (Å²) in [5.41, 5.74) is 8.46. The summed E-state index contributed by atoms with van der Waals surface area (Å²) < 4.78 is 0. The van der Waals surface area contributed by atoms with E-state index in [4.69, 9.17) is 23.2 Å². The third kappa shape index (κ3) is 3.20. The molecule has 134 valence electrons. The van der Waals surface area contributed by atoms with Crippen LogP contribution in [0.2, 0.25) is 10.0 Å². The van der Waals surface area contributed by atoms with Crippen molar-refractivity contribution in [2.75, 3.05) is 6.54 Å². The Morgan fingerprint density at radius 3 is 2.85 bits per heavy atom. The van der Waals surface area contributed by atoms with Crippen molar-refractivity contribution in [1.29, 1.82) is 0 Å². The van der Waals surface area contributed by atoms with Gasteiger partial charge < -0.3 is 15.6 Å². The maximum Gasteiger partial charge on any atom is 0.281 e. The molecule has 1 aliphatic rings. The molecule has 0 radical (unpaired) electrons. The van der Waals surface area contributed by atoms with Crippen molar-refractivity contribution in [2.24, 2.45) is 0 Å². The van der Waals surface area contributed by atoms with Crippen molar-refractivity contribution in [3.8, 4) is 0 Å². The van der Waals surface area contributed by atoms with Crippen LogP contribution in [0.15, 0.2) is 42.5 Å². The van der Waals surface area contributed by atoms with E-state index in [0.29, 0.717) is 24.5 Å². The van der Waals surface area contributed by atoms with Crippen LogP contribution in [0.5, 0.6) is 0 Å². The fourth-order valence-corrected chi connectivity index (χ4v) is 4.06. The minimum Gasteiger partial charge on any atom is -0.357 e. The predicted octanol–water partition coefficient (Wildman–Crippen LogP) is 3.21. The Bertz CT molecular complexity index is 982. The average Bonchev–Trinajstić information content (AvgIpc) is 3.00. The maximum atomic E-state index is 12.9. The van der Waals surface area contributed by atoms with E-state index >= 15 is 0 Å². The number of carbonyl (C=O) groups excluding carboxylic acids is 1. The lowest BCUT2D eigenvalue weighted by atomic mass is 10.0. The molecule has 0 spiro atoms. The molecule has 3 aromatic rings. The summed E-state index contributed by atoms with van der Waals surface area (Å²) in [5, 5.41) is 2.57. The Kier molecular flexibility index (Phi) is 4.65. The van der Waals surface area contributed by atoms with Crippen LogP contribution in [0.1, 0.15) is 16.8 Å². The standard InChI is InChI=1S/C20H19Cl2N3O/c21-13-5-6-18-15(10-13)14-7-8-25(11-19(14)24-18)20(26)17(23)9-12-3-1-2-4-16(12)22/h1-6,10,17,24H,7-9,11,23H2/p+1/t17-/m1/s1. The number of H-pyrrole nitrogens is 1. The van der Waals surface area contributed by atoms with E-state index in [1.807, 2.05) is 47.4 Å². The first-order valence-electron chi connectivity index (χ1n) is 8.67. The van der Waals surface area contributed by atoms with E-state index in [1.54, 1.807) is 0 Å². The topological polar surface area (TPSA) is 63.7 Å². The number of halogens is 2. The molecule has 0 bridgehead atoms. The van der Waals surface area contributed by atoms with Gasteiger partial charge in [-0.25, -0.2) is 0 Å². The number of aromatic nitrogens is 1. The van der Waals surface area contributed by atoms with Crippen LogP contribution in [0.25, 0.3) is 10.9 Å². The third-order valence-corrected chi connectivity index (χ3v) is 5.63. The Morgan fingerprint density at radius 1 is 1.23 bits per heavy atom. The molecule has 26 heavy (non-hydrogen) atoms. The summed E-state index contributed by atoms with van der Waals surface area (Å²) in [4.78, 5) is 18.2. The van der Waals surface area contributed by atoms with Crippen LogP contribution in [0.4, 0.5) is 0 Å². The summed E-state index contributed by atoms with van der Waals surface area (Å²) in [6.07, 6.45) is 1.37. The van der Waals surface area contributed by atoms with Crippen molar-refractivity contribution in [3.05, 3.63) is 69.3 Å². The molecule has 1 amide bonds. The van der Waals surface area contributed by atoms with E-state index in [2.05, 4.69) is 10.7 Å². The zero-order valence-corrected chi connectivity index (χ0v) is 15.8. The normalized spacial score (nSPS) is 15.1. The van der Waals surface area contributed by atoms with E-state index < -0.39 is 0 Å². The van der Waals surface area contributed by atoms with Gasteiger partial charge in [0, 0.05) is 39.6 Å². The van der Waals surface area contributed by atoms with Gasteiger partial charge in [0.1, 0.15) is 0 Å². The van der Waals surface area contributed by atoms with Gasteiger partial charge in [-0.1, -0.05) is 41.4 Å². The number of aromatic amines is 1. The highest BCUT2D eigenvalue weighted by Gasteiger charge is 2.29. The van der Waals surface area contributed by atoms with Crippen molar-refractivity contribution in [3.63, 3.8) is 0 Å². The lowest BCUT2D eigenvalue weighted by Crippen LogP contribution is -2.69. The van der Waals surface area contributed by atoms with Crippen molar-refractivity contribution < 1.29 is 10.5 Å². The number of carbonyl (C=O) groups is 1. The molecule has 0 aliphatic carbocycles. The lowest BCUT2D eigenvalue weighted by Gasteiger charge is -2.28. The lowest BCUT2D eigenvalue weighted by molar-refractivity contribution is -0.405. The average molecular weight is 389 g/mol. The number of nitrogens with zero attached hydrogens (tertiary/aromatic N) is 1. The molecule has 2 aromatic carbocycles. The fourth-order valence-electron chi connectivity index (χ4n) is 3.68. The van der Waals surface area contributed by atoms with Gasteiger partial charge in [-0.3, -0.25) is 4.79 Å². The quantitative estimate of drug-likeness (QED) is 0.710. The number of hydrogen-bond donors (Lipinski definition) is 2. The van der Waals surface area contributed by atoms with E-state index in [1.165, 1.54) is 5.56 Å². The molecule has 4 nitrogen and oxygen atoms in total. The Balaban J connectivity index is 1.52. The molecule has 0 fully saturated rings. The van der Waals surface area contributed by atoms with Crippen LogP contribution in [0, 0.1) is 0 Å².